The molecule has 0 bridgehead atoms. The maximum Gasteiger partial charge on any atom is 0.113 e. The van der Waals surface area contributed by atoms with Crippen LogP contribution < -0.4 is 5.32 Å². The van der Waals surface area contributed by atoms with Crippen molar-refractivity contribution in [2.45, 2.75) is 13.8 Å². The molecule has 0 spiro atoms. The van der Waals surface area contributed by atoms with Gasteiger partial charge in [0.25, 0.3) is 0 Å². The van der Waals surface area contributed by atoms with Gasteiger partial charge in [-0.05, 0) is 24.6 Å². The highest BCUT2D eigenvalue weighted by Crippen LogP contribution is 2.28. The normalized spacial score (nSPS) is 34.0. The lowest BCUT2D eigenvalue weighted by Gasteiger charge is -2.23. The van der Waals surface area contributed by atoms with Crippen molar-refractivity contribution in [2.75, 3.05) is 0 Å². The molecule has 0 amide bonds. The first-order chi connectivity index (χ1) is 5.29. The van der Waals surface area contributed by atoms with Crippen LogP contribution in [-0.4, -0.2) is 5.84 Å². The summed E-state index contributed by atoms with van der Waals surface area (Å²) in [6, 6.07) is 0. The lowest BCUT2D eigenvalue weighted by atomic mass is 9.86. The molecule has 2 aliphatic rings. The summed E-state index contributed by atoms with van der Waals surface area (Å²) in [5.74, 6) is 2.21. The Balaban J connectivity index is 2.33. The largest absolute Gasteiger partial charge is 0.350 e. The van der Waals surface area contributed by atoms with Crippen molar-refractivity contribution in [2.24, 2.45) is 16.8 Å². The number of aliphatic imine (C=N–C) groups is 1. The molecular formula is C9H12N2. The first kappa shape index (κ1) is 6.65. The molecule has 2 rings (SSSR count). The maximum absolute atomic E-state index is 4.28. The van der Waals surface area contributed by atoms with Crippen molar-refractivity contribution in [3.63, 3.8) is 0 Å². The van der Waals surface area contributed by atoms with Crippen molar-refractivity contribution in [1.82, 2.24) is 5.32 Å². The first-order valence-corrected chi connectivity index (χ1v) is 3.96. The zero-order chi connectivity index (χ0) is 7.84. The van der Waals surface area contributed by atoms with E-state index in [4.69, 9.17) is 0 Å². The SMILES string of the molecule is CC1=CN=C2NC=CC(C)C12. The molecule has 0 saturated heterocycles. The second kappa shape index (κ2) is 2.22. The van der Waals surface area contributed by atoms with Gasteiger partial charge in [-0.2, -0.15) is 0 Å². The average molecular weight is 148 g/mol. The Kier molecular flexibility index (Phi) is 1.34. The predicted octanol–water partition coefficient (Wildman–Crippen LogP) is 1.67. The Bertz CT molecular complexity index is 261. The van der Waals surface area contributed by atoms with E-state index in [1.807, 2.05) is 12.4 Å². The molecule has 58 valence electrons. The summed E-state index contributed by atoms with van der Waals surface area (Å²) in [5.41, 5.74) is 1.37. The smallest absolute Gasteiger partial charge is 0.113 e. The van der Waals surface area contributed by atoms with E-state index in [1.165, 1.54) is 5.57 Å². The topological polar surface area (TPSA) is 24.4 Å². The van der Waals surface area contributed by atoms with E-state index in [-0.39, 0.29) is 0 Å². The molecule has 2 heteroatoms. The van der Waals surface area contributed by atoms with Gasteiger partial charge in [0.1, 0.15) is 5.84 Å². The van der Waals surface area contributed by atoms with Gasteiger partial charge in [-0.25, -0.2) is 4.99 Å². The maximum atomic E-state index is 4.28. The van der Waals surface area contributed by atoms with Crippen LogP contribution in [0.25, 0.3) is 0 Å². The summed E-state index contributed by atoms with van der Waals surface area (Å²) >= 11 is 0. The molecule has 0 aromatic rings. The number of amidine groups is 1. The Morgan fingerprint density at radius 2 is 2.36 bits per heavy atom. The van der Waals surface area contributed by atoms with Crippen molar-refractivity contribution in [3.8, 4) is 0 Å². The van der Waals surface area contributed by atoms with E-state index in [9.17, 15) is 0 Å². The molecule has 0 aromatic carbocycles. The van der Waals surface area contributed by atoms with E-state index in [0.717, 1.165) is 5.84 Å². The minimum atomic E-state index is 0.514. The summed E-state index contributed by atoms with van der Waals surface area (Å²) < 4.78 is 0. The number of fused-ring (bicyclic) bond motifs is 1. The zero-order valence-corrected chi connectivity index (χ0v) is 6.83. The molecule has 0 aliphatic carbocycles. The summed E-state index contributed by atoms with van der Waals surface area (Å²) in [6.45, 7) is 4.36. The summed E-state index contributed by atoms with van der Waals surface area (Å²) in [4.78, 5) is 4.28. The zero-order valence-electron chi connectivity index (χ0n) is 6.83. The molecular weight excluding hydrogens is 136 g/mol. The highest BCUT2D eigenvalue weighted by molar-refractivity contribution is 5.91. The van der Waals surface area contributed by atoms with E-state index >= 15 is 0 Å². The molecule has 0 aromatic heterocycles. The van der Waals surface area contributed by atoms with Crippen molar-refractivity contribution in [3.05, 3.63) is 24.0 Å². The van der Waals surface area contributed by atoms with Crippen molar-refractivity contribution < 1.29 is 0 Å². The van der Waals surface area contributed by atoms with Gasteiger partial charge in [-0.1, -0.05) is 13.0 Å². The molecule has 2 heterocycles. The highest BCUT2D eigenvalue weighted by atomic mass is 15.0. The van der Waals surface area contributed by atoms with Crippen LogP contribution in [0, 0.1) is 11.8 Å². The lowest BCUT2D eigenvalue weighted by Crippen LogP contribution is -2.32. The summed E-state index contributed by atoms with van der Waals surface area (Å²) in [6.07, 6.45) is 6.12. The van der Waals surface area contributed by atoms with Gasteiger partial charge in [-0.3, -0.25) is 0 Å². The van der Waals surface area contributed by atoms with Crippen molar-refractivity contribution in [1.29, 1.82) is 0 Å². The molecule has 2 atom stereocenters. The van der Waals surface area contributed by atoms with Gasteiger partial charge in [0.05, 0.1) is 0 Å². The molecule has 0 radical (unpaired) electrons. The Hall–Kier alpha value is -1.05. The molecule has 11 heavy (non-hydrogen) atoms. The van der Waals surface area contributed by atoms with E-state index in [2.05, 4.69) is 30.2 Å². The van der Waals surface area contributed by atoms with Crippen LogP contribution in [-0.2, 0) is 0 Å². The van der Waals surface area contributed by atoms with Crippen LogP contribution in [0.2, 0.25) is 0 Å². The second-order valence-corrected chi connectivity index (χ2v) is 3.23. The number of hydrogen-bond acceptors (Lipinski definition) is 2. The van der Waals surface area contributed by atoms with E-state index < -0.39 is 0 Å². The Morgan fingerprint density at radius 3 is 3.09 bits per heavy atom. The molecule has 2 aliphatic heterocycles. The minimum absolute atomic E-state index is 0.514. The molecule has 0 fully saturated rings. The van der Waals surface area contributed by atoms with E-state index in [0.29, 0.717) is 11.8 Å². The molecule has 1 N–H and O–H groups in total. The van der Waals surface area contributed by atoms with E-state index in [1.54, 1.807) is 0 Å². The van der Waals surface area contributed by atoms with Gasteiger partial charge in [-0.15, -0.1) is 0 Å². The first-order valence-electron chi connectivity index (χ1n) is 3.96. The number of nitrogens with one attached hydrogen (secondary N) is 1. The van der Waals surface area contributed by atoms with Crippen LogP contribution in [0.4, 0.5) is 0 Å². The van der Waals surface area contributed by atoms with Gasteiger partial charge in [0.15, 0.2) is 0 Å². The Morgan fingerprint density at radius 1 is 1.55 bits per heavy atom. The molecule has 0 saturated carbocycles. The lowest BCUT2D eigenvalue weighted by molar-refractivity contribution is 0.595. The number of hydrogen-bond donors (Lipinski definition) is 1. The van der Waals surface area contributed by atoms with Crippen LogP contribution in [0.15, 0.2) is 29.0 Å². The van der Waals surface area contributed by atoms with Crippen LogP contribution in [0.5, 0.6) is 0 Å². The monoisotopic (exact) mass is 148 g/mol. The third-order valence-corrected chi connectivity index (χ3v) is 2.35. The number of rotatable bonds is 0. The predicted molar refractivity (Wildman–Crippen MR) is 46.1 cm³/mol. The van der Waals surface area contributed by atoms with Gasteiger partial charge < -0.3 is 5.32 Å². The fourth-order valence-corrected chi connectivity index (χ4v) is 1.73. The molecule has 2 unspecified atom stereocenters. The second-order valence-electron chi connectivity index (χ2n) is 3.23. The van der Waals surface area contributed by atoms with Gasteiger partial charge >= 0.3 is 0 Å². The quantitative estimate of drug-likeness (QED) is 0.555. The Labute approximate surface area is 66.7 Å². The summed E-state index contributed by atoms with van der Waals surface area (Å²) in [7, 11) is 0. The molecule has 2 nitrogen and oxygen atoms in total. The number of nitrogens with zero attached hydrogens (tertiary/aromatic N) is 1. The third kappa shape index (κ3) is 0.897. The minimum Gasteiger partial charge on any atom is -0.350 e. The van der Waals surface area contributed by atoms with Crippen LogP contribution in [0.1, 0.15) is 13.8 Å². The fraction of sp³-hybridized carbons (Fsp3) is 0.444. The standard InChI is InChI=1S/C9H12N2/c1-6-3-4-10-9-8(6)7(2)5-11-9/h3-6,8H,1-2H3,(H,10,11). The van der Waals surface area contributed by atoms with Crippen LogP contribution in [0.3, 0.4) is 0 Å². The number of allylic oxidation sites excluding steroid dienone is 1. The average Bonchev–Trinajstić information content (AvgIpc) is 2.34. The van der Waals surface area contributed by atoms with Gasteiger partial charge in [0.2, 0.25) is 0 Å². The van der Waals surface area contributed by atoms with Crippen LogP contribution >= 0.6 is 0 Å². The van der Waals surface area contributed by atoms with Crippen molar-refractivity contribution >= 4 is 5.84 Å². The summed E-state index contributed by atoms with van der Waals surface area (Å²) in [5, 5.41) is 3.16. The van der Waals surface area contributed by atoms with Gasteiger partial charge in [0, 0.05) is 12.1 Å². The third-order valence-electron chi connectivity index (χ3n) is 2.35. The highest BCUT2D eigenvalue weighted by Gasteiger charge is 2.28. The fourth-order valence-electron chi connectivity index (χ4n) is 1.73.